The highest BCUT2D eigenvalue weighted by atomic mass is 16.6. The summed E-state index contributed by atoms with van der Waals surface area (Å²) in [6.07, 6.45) is 0. The Balaban J connectivity index is 2.49. The summed E-state index contributed by atoms with van der Waals surface area (Å²) in [6, 6.07) is 11.6. The van der Waals surface area contributed by atoms with Crippen LogP contribution < -0.4 is 5.32 Å². The average Bonchev–Trinajstić information content (AvgIpc) is 2.48. The maximum Gasteiger partial charge on any atom is 0.299 e. The molecule has 0 spiro atoms. The number of nitrogens with zero attached hydrogens (tertiary/aromatic N) is 2. The van der Waals surface area contributed by atoms with E-state index >= 15 is 0 Å². The lowest BCUT2D eigenvalue weighted by molar-refractivity contribution is -0.392. The van der Waals surface area contributed by atoms with Gasteiger partial charge < -0.3 is 5.32 Å². The number of aryl methyl sites for hydroxylation is 1. The Labute approximate surface area is 126 Å². The Morgan fingerprint density at radius 3 is 1.95 bits per heavy atom. The molecule has 0 bridgehead atoms. The Kier molecular flexibility index (Phi) is 4.36. The van der Waals surface area contributed by atoms with Crippen molar-refractivity contribution < 1.29 is 9.85 Å². The van der Waals surface area contributed by atoms with Gasteiger partial charge in [0.1, 0.15) is 0 Å². The lowest BCUT2D eigenvalue weighted by Gasteiger charge is -2.16. The second-order valence-corrected chi connectivity index (χ2v) is 4.97. The van der Waals surface area contributed by atoms with E-state index in [-0.39, 0.29) is 23.1 Å². The number of nitro groups is 2. The monoisotopic (exact) mass is 301 g/mol. The molecule has 7 nitrogen and oxygen atoms in total. The van der Waals surface area contributed by atoms with Crippen molar-refractivity contribution in [2.24, 2.45) is 0 Å². The molecule has 0 heterocycles. The van der Waals surface area contributed by atoms with E-state index in [0.29, 0.717) is 5.56 Å². The smallest absolute Gasteiger partial charge is 0.299 e. The van der Waals surface area contributed by atoms with Gasteiger partial charge in [0, 0.05) is 18.2 Å². The first-order valence-corrected chi connectivity index (χ1v) is 6.65. The van der Waals surface area contributed by atoms with Gasteiger partial charge in [-0.25, -0.2) is 0 Å². The molecule has 0 fully saturated rings. The summed E-state index contributed by atoms with van der Waals surface area (Å²) in [7, 11) is 0. The van der Waals surface area contributed by atoms with Crippen molar-refractivity contribution in [1.82, 2.24) is 0 Å². The predicted octanol–water partition coefficient (Wildman–Crippen LogP) is 3.98. The van der Waals surface area contributed by atoms with E-state index in [1.165, 1.54) is 12.1 Å². The van der Waals surface area contributed by atoms with E-state index in [1.54, 1.807) is 13.8 Å². The zero-order chi connectivity index (χ0) is 16.3. The second kappa shape index (κ2) is 6.21. The fraction of sp³-hybridized carbons (Fsp3) is 0.200. The van der Waals surface area contributed by atoms with Gasteiger partial charge in [-0.2, -0.15) is 0 Å². The summed E-state index contributed by atoms with van der Waals surface area (Å²) in [6.45, 7) is 3.38. The van der Waals surface area contributed by atoms with E-state index in [2.05, 4.69) is 5.32 Å². The lowest BCUT2D eigenvalue weighted by Crippen LogP contribution is -2.10. The van der Waals surface area contributed by atoms with Crippen LogP contribution in [0.2, 0.25) is 0 Å². The van der Waals surface area contributed by atoms with Crippen LogP contribution in [-0.4, -0.2) is 9.85 Å². The molecule has 1 N–H and O–H groups in total. The van der Waals surface area contributed by atoms with E-state index in [4.69, 9.17) is 0 Å². The third-order valence-corrected chi connectivity index (χ3v) is 3.29. The fourth-order valence-corrected chi connectivity index (χ4v) is 2.23. The maximum absolute atomic E-state index is 11.2. The van der Waals surface area contributed by atoms with Gasteiger partial charge in [0.05, 0.1) is 9.85 Å². The highest BCUT2D eigenvalue weighted by molar-refractivity contribution is 5.75. The van der Waals surface area contributed by atoms with Gasteiger partial charge in [-0.1, -0.05) is 30.3 Å². The lowest BCUT2D eigenvalue weighted by atomic mass is 10.1. The quantitative estimate of drug-likeness (QED) is 0.665. The molecule has 114 valence electrons. The Hall–Kier alpha value is -2.96. The van der Waals surface area contributed by atoms with Crippen molar-refractivity contribution in [2.75, 3.05) is 5.32 Å². The molecule has 0 aromatic heterocycles. The first-order chi connectivity index (χ1) is 10.4. The van der Waals surface area contributed by atoms with Crippen LogP contribution in [0.25, 0.3) is 0 Å². The summed E-state index contributed by atoms with van der Waals surface area (Å²) in [5.41, 5.74) is 0.684. The molecule has 0 radical (unpaired) electrons. The number of hydrogen-bond donors (Lipinski definition) is 1. The van der Waals surface area contributed by atoms with Crippen molar-refractivity contribution in [1.29, 1.82) is 0 Å². The Morgan fingerprint density at radius 2 is 1.50 bits per heavy atom. The summed E-state index contributed by atoms with van der Waals surface area (Å²) < 4.78 is 0. The fourth-order valence-electron chi connectivity index (χ4n) is 2.23. The van der Waals surface area contributed by atoms with Crippen LogP contribution in [0.15, 0.2) is 42.5 Å². The summed E-state index contributed by atoms with van der Waals surface area (Å²) in [5, 5.41) is 25.3. The average molecular weight is 301 g/mol. The molecule has 22 heavy (non-hydrogen) atoms. The van der Waals surface area contributed by atoms with Gasteiger partial charge in [0.15, 0.2) is 5.69 Å². The molecule has 0 aliphatic carbocycles. The topological polar surface area (TPSA) is 98.3 Å². The molecular weight excluding hydrogens is 286 g/mol. The molecule has 0 saturated heterocycles. The summed E-state index contributed by atoms with van der Waals surface area (Å²) in [4.78, 5) is 21.2. The summed E-state index contributed by atoms with van der Waals surface area (Å²) >= 11 is 0. The molecule has 2 aromatic carbocycles. The highest BCUT2D eigenvalue weighted by Crippen LogP contribution is 2.37. The van der Waals surface area contributed by atoms with Crippen LogP contribution in [0.3, 0.4) is 0 Å². The number of rotatable bonds is 5. The van der Waals surface area contributed by atoms with Crippen LogP contribution in [0.1, 0.15) is 24.1 Å². The van der Waals surface area contributed by atoms with Crippen LogP contribution in [0, 0.1) is 27.2 Å². The van der Waals surface area contributed by atoms with Crippen molar-refractivity contribution in [3.63, 3.8) is 0 Å². The van der Waals surface area contributed by atoms with E-state index in [0.717, 1.165) is 5.56 Å². The predicted molar refractivity (Wildman–Crippen MR) is 83.0 cm³/mol. The minimum atomic E-state index is -0.611. The van der Waals surface area contributed by atoms with Gasteiger partial charge in [-0.15, -0.1) is 0 Å². The van der Waals surface area contributed by atoms with E-state index in [1.807, 2.05) is 30.3 Å². The van der Waals surface area contributed by atoms with Gasteiger partial charge in [0.2, 0.25) is 0 Å². The molecule has 1 unspecified atom stereocenters. The largest absolute Gasteiger partial charge is 0.367 e. The first kappa shape index (κ1) is 15.4. The molecule has 2 aromatic rings. The third-order valence-electron chi connectivity index (χ3n) is 3.29. The van der Waals surface area contributed by atoms with Crippen molar-refractivity contribution >= 4 is 17.1 Å². The molecular formula is C15H15N3O4. The first-order valence-electron chi connectivity index (χ1n) is 6.65. The third kappa shape index (κ3) is 3.20. The molecule has 0 saturated carbocycles. The SMILES string of the molecule is Cc1cc([N+](=O)[O-])c(NC(C)c2ccccc2)c([N+](=O)[O-])c1. The van der Waals surface area contributed by atoms with Crippen LogP contribution in [0.4, 0.5) is 17.1 Å². The van der Waals surface area contributed by atoms with Crippen molar-refractivity contribution in [2.45, 2.75) is 19.9 Å². The van der Waals surface area contributed by atoms with Gasteiger partial charge in [-0.3, -0.25) is 20.2 Å². The van der Waals surface area contributed by atoms with Crippen molar-refractivity contribution in [3.05, 3.63) is 73.8 Å². The zero-order valence-corrected chi connectivity index (χ0v) is 12.1. The standard InChI is InChI=1S/C15H15N3O4/c1-10-8-13(17(19)20)15(14(9-10)18(21)22)16-11(2)12-6-4-3-5-7-12/h3-9,11,16H,1-2H3. The molecule has 2 rings (SSSR count). The van der Waals surface area contributed by atoms with Crippen LogP contribution >= 0.6 is 0 Å². The number of nitro benzene ring substituents is 2. The summed E-state index contributed by atoms with van der Waals surface area (Å²) in [5.74, 6) is 0. The van der Waals surface area contributed by atoms with Crippen LogP contribution in [-0.2, 0) is 0 Å². The normalized spacial score (nSPS) is 11.7. The molecule has 0 aliphatic heterocycles. The highest BCUT2D eigenvalue weighted by Gasteiger charge is 2.27. The van der Waals surface area contributed by atoms with Gasteiger partial charge in [0.25, 0.3) is 11.4 Å². The minimum absolute atomic E-state index is 0.0723. The Bertz CT molecular complexity index is 681. The van der Waals surface area contributed by atoms with E-state index < -0.39 is 9.85 Å². The maximum atomic E-state index is 11.2. The minimum Gasteiger partial charge on any atom is -0.367 e. The molecule has 1 atom stereocenters. The number of anilines is 1. The Morgan fingerprint density at radius 1 is 1.00 bits per heavy atom. The second-order valence-electron chi connectivity index (χ2n) is 4.97. The molecule has 0 aliphatic rings. The van der Waals surface area contributed by atoms with Gasteiger partial charge >= 0.3 is 0 Å². The molecule has 7 heteroatoms. The molecule has 0 amide bonds. The van der Waals surface area contributed by atoms with Crippen LogP contribution in [0.5, 0.6) is 0 Å². The number of hydrogen-bond acceptors (Lipinski definition) is 5. The number of benzene rings is 2. The van der Waals surface area contributed by atoms with Gasteiger partial charge in [-0.05, 0) is 25.0 Å². The zero-order valence-electron chi connectivity index (χ0n) is 12.1. The van der Waals surface area contributed by atoms with Crippen molar-refractivity contribution in [3.8, 4) is 0 Å². The number of nitrogens with one attached hydrogen (secondary N) is 1. The van der Waals surface area contributed by atoms with E-state index in [9.17, 15) is 20.2 Å².